The summed E-state index contributed by atoms with van der Waals surface area (Å²) in [7, 11) is 1.93. The van der Waals surface area contributed by atoms with Gasteiger partial charge in [0.05, 0.1) is 16.8 Å². The van der Waals surface area contributed by atoms with Gasteiger partial charge in [-0.25, -0.2) is 4.98 Å². The van der Waals surface area contributed by atoms with Crippen LogP contribution < -0.4 is 5.32 Å². The van der Waals surface area contributed by atoms with Gasteiger partial charge in [0, 0.05) is 25.6 Å². The fraction of sp³-hybridized carbons (Fsp3) is 0.273. The van der Waals surface area contributed by atoms with E-state index in [9.17, 15) is 4.79 Å². The molecule has 1 amide bonds. The van der Waals surface area contributed by atoms with Gasteiger partial charge in [0.1, 0.15) is 11.6 Å². The van der Waals surface area contributed by atoms with E-state index in [1.54, 1.807) is 0 Å². The molecule has 8 heteroatoms. The Kier molecular flexibility index (Phi) is 5.85. The summed E-state index contributed by atoms with van der Waals surface area (Å²) in [6.07, 6.45) is 1.47. The molecule has 0 spiro atoms. The highest BCUT2D eigenvalue weighted by atomic mass is 32.2. The van der Waals surface area contributed by atoms with Crippen LogP contribution in [0.1, 0.15) is 22.8 Å². The Hall–Kier alpha value is -3.13. The van der Waals surface area contributed by atoms with Gasteiger partial charge < -0.3 is 14.9 Å². The molecule has 0 saturated heterocycles. The first-order valence-corrected chi connectivity index (χ1v) is 10.8. The third kappa shape index (κ3) is 4.38. The first kappa shape index (κ1) is 20.2. The summed E-state index contributed by atoms with van der Waals surface area (Å²) in [5.41, 5.74) is 5.10. The van der Waals surface area contributed by atoms with E-state index in [4.69, 9.17) is 0 Å². The Morgan fingerprint density at radius 3 is 2.77 bits per heavy atom. The van der Waals surface area contributed by atoms with Crippen molar-refractivity contribution in [2.75, 3.05) is 11.1 Å². The SMILES string of the molecule is Cc1cccc(NC(=O)CSc2nnc(CCc3nc4ccccc4[nH]3)n2C)c1C. The molecular weight excluding hydrogens is 396 g/mol. The minimum atomic E-state index is -0.0551. The van der Waals surface area contributed by atoms with Gasteiger partial charge in [-0.1, -0.05) is 36.0 Å². The van der Waals surface area contributed by atoms with Crippen LogP contribution in [0, 0.1) is 13.8 Å². The van der Waals surface area contributed by atoms with Crippen LogP contribution in [0.15, 0.2) is 47.6 Å². The number of hydrogen-bond acceptors (Lipinski definition) is 5. The summed E-state index contributed by atoms with van der Waals surface area (Å²) >= 11 is 1.38. The molecule has 7 nitrogen and oxygen atoms in total. The predicted molar refractivity (Wildman–Crippen MR) is 120 cm³/mol. The summed E-state index contributed by atoms with van der Waals surface area (Å²) < 4.78 is 1.94. The van der Waals surface area contributed by atoms with Crippen LogP contribution in [-0.4, -0.2) is 36.4 Å². The second-order valence-corrected chi connectivity index (χ2v) is 8.19. The van der Waals surface area contributed by atoms with Crippen molar-refractivity contribution in [3.63, 3.8) is 0 Å². The molecule has 154 valence electrons. The highest BCUT2D eigenvalue weighted by Crippen LogP contribution is 2.20. The van der Waals surface area contributed by atoms with Crippen LogP contribution >= 0.6 is 11.8 Å². The Labute approximate surface area is 179 Å². The number of thioether (sulfide) groups is 1. The molecule has 0 radical (unpaired) electrons. The smallest absolute Gasteiger partial charge is 0.234 e. The number of carbonyl (C=O) groups is 1. The number of hydrogen-bond donors (Lipinski definition) is 2. The van der Waals surface area contributed by atoms with Crippen molar-refractivity contribution < 1.29 is 4.79 Å². The number of amides is 1. The van der Waals surface area contributed by atoms with Crippen LogP contribution in [-0.2, 0) is 24.7 Å². The Balaban J connectivity index is 1.33. The third-order valence-electron chi connectivity index (χ3n) is 5.16. The molecule has 2 heterocycles. The number of rotatable bonds is 7. The zero-order valence-electron chi connectivity index (χ0n) is 17.3. The normalized spacial score (nSPS) is 11.2. The van der Waals surface area contributed by atoms with E-state index in [0.29, 0.717) is 0 Å². The molecule has 4 rings (SSSR count). The highest BCUT2D eigenvalue weighted by molar-refractivity contribution is 7.99. The number of aryl methyl sites for hydroxylation is 3. The first-order valence-electron chi connectivity index (χ1n) is 9.82. The number of nitrogens with zero attached hydrogens (tertiary/aromatic N) is 4. The average molecular weight is 421 g/mol. The first-order chi connectivity index (χ1) is 14.5. The molecule has 0 unspecified atom stereocenters. The van der Waals surface area contributed by atoms with Crippen LogP contribution in [0.5, 0.6) is 0 Å². The number of nitrogens with one attached hydrogen (secondary N) is 2. The lowest BCUT2D eigenvalue weighted by atomic mass is 10.1. The topological polar surface area (TPSA) is 88.5 Å². The fourth-order valence-electron chi connectivity index (χ4n) is 3.25. The van der Waals surface area contributed by atoms with Crippen molar-refractivity contribution in [2.45, 2.75) is 31.8 Å². The van der Waals surface area contributed by atoms with Gasteiger partial charge in [-0.15, -0.1) is 10.2 Å². The molecule has 4 aromatic rings. The summed E-state index contributed by atoms with van der Waals surface area (Å²) in [4.78, 5) is 20.3. The number of fused-ring (bicyclic) bond motifs is 1. The zero-order valence-corrected chi connectivity index (χ0v) is 18.1. The molecule has 2 aromatic carbocycles. The molecule has 30 heavy (non-hydrogen) atoms. The number of para-hydroxylation sites is 2. The molecule has 2 aromatic heterocycles. The Morgan fingerprint density at radius 2 is 1.93 bits per heavy atom. The largest absolute Gasteiger partial charge is 0.342 e. The van der Waals surface area contributed by atoms with E-state index >= 15 is 0 Å². The Morgan fingerprint density at radius 1 is 1.10 bits per heavy atom. The summed E-state index contributed by atoms with van der Waals surface area (Å²) in [6, 6.07) is 13.9. The maximum absolute atomic E-state index is 12.4. The molecule has 0 aliphatic rings. The standard InChI is InChI=1S/C22H24N6OS/c1-14-7-6-10-16(15(14)2)25-21(29)13-30-22-27-26-20(28(22)3)12-11-19-23-17-8-4-5-9-18(17)24-19/h4-10H,11-13H2,1-3H3,(H,23,24)(H,25,29). The highest BCUT2D eigenvalue weighted by Gasteiger charge is 2.13. The lowest BCUT2D eigenvalue weighted by Gasteiger charge is -2.10. The molecule has 0 aliphatic heterocycles. The van der Waals surface area contributed by atoms with Crippen molar-refractivity contribution in [2.24, 2.45) is 7.05 Å². The lowest BCUT2D eigenvalue weighted by molar-refractivity contribution is -0.113. The maximum Gasteiger partial charge on any atom is 0.234 e. The number of anilines is 1. The van der Waals surface area contributed by atoms with Gasteiger partial charge in [0.2, 0.25) is 5.91 Å². The molecule has 0 saturated carbocycles. The third-order valence-corrected chi connectivity index (χ3v) is 6.18. The molecular formula is C22H24N6OS. The minimum absolute atomic E-state index is 0.0551. The maximum atomic E-state index is 12.4. The van der Waals surface area contributed by atoms with Gasteiger partial charge in [0.15, 0.2) is 5.16 Å². The van der Waals surface area contributed by atoms with E-state index in [0.717, 1.165) is 57.5 Å². The van der Waals surface area contributed by atoms with Gasteiger partial charge in [-0.05, 0) is 43.2 Å². The van der Waals surface area contributed by atoms with E-state index in [2.05, 4.69) is 25.5 Å². The van der Waals surface area contributed by atoms with E-state index < -0.39 is 0 Å². The van der Waals surface area contributed by atoms with E-state index in [1.165, 1.54) is 11.8 Å². The molecule has 2 N–H and O–H groups in total. The van der Waals surface area contributed by atoms with Crippen molar-refractivity contribution >= 4 is 34.4 Å². The van der Waals surface area contributed by atoms with Gasteiger partial charge >= 0.3 is 0 Å². The van der Waals surface area contributed by atoms with Crippen molar-refractivity contribution in [3.8, 4) is 0 Å². The summed E-state index contributed by atoms with van der Waals surface area (Å²) in [6.45, 7) is 4.04. The van der Waals surface area contributed by atoms with E-state index in [-0.39, 0.29) is 11.7 Å². The number of imidazole rings is 1. The zero-order chi connectivity index (χ0) is 21.1. The van der Waals surface area contributed by atoms with Crippen LogP contribution in [0.25, 0.3) is 11.0 Å². The number of aromatic nitrogens is 5. The Bertz CT molecular complexity index is 1160. The molecule has 0 fully saturated rings. The van der Waals surface area contributed by atoms with Gasteiger partial charge in [-0.2, -0.15) is 0 Å². The van der Waals surface area contributed by atoms with E-state index in [1.807, 2.05) is 67.9 Å². The number of benzene rings is 2. The lowest BCUT2D eigenvalue weighted by Crippen LogP contribution is -2.15. The second-order valence-electron chi connectivity index (χ2n) is 7.24. The van der Waals surface area contributed by atoms with Gasteiger partial charge in [-0.3, -0.25) is 4.79 Å². The predicted octanol–water partition coefficient (Wildman–Crippen LogP) is 3.82. The fourth-order valence-corrected chi connectivity index (χ4v) is 3.98. The van der Waals surface area contributed by atoms with Crippen LogP contribution in [0.4, 0.5) is 5.69 Å². The van der Waals surface area contributed by atoms with Crippen molar-refractivity contribution in [1.29, 1.82) is 0 Å². The molecule has 0 atom stereocenters. The van der Waals surface area contributed by atoms with Crippen LogP contribution in [0.3, 0.4) is 0 Å². The monoisotopic (exact) mass is 420 g/mol. The quantitative estimate of drug-likeness (QED) is 0.444. The number of H-pyrrole nitrogens is 1. The van der Waals surface area contributed by atoms with Crippen LogP contribution in [0.2, 0.25) is 0 Å². The second kappa shape index (κ2) is 8.71. The van der Waals surface area contributed by atoms with Crippen molar-refractivity contribution in [3.05, 3.63) is 65.2 Å². The molecule has 0 bridgehead atoms. The summed E-state index contributed by atoms with van der Waals surface area (Å²) in [5.74, 6) is 2.03. The average Bonchev–Trinajstić information content (AvgIpc) is 3.31. The summed E-state index contributed by atoms with van der Waals surface area (Å²) in [5, 5.41) is 12.2. The van der Waals surface area contributed by atoms with Crippen molar-refractivity contribution in [1.82, 2.24) is 24.7 Å². The number of carbonyl (C=O) groups excluding carboxylic acids is 1. The molecule has 0 aliphatic carbocycles. The number of aromatic amines is 1. The van der Waals surface area contributed by atoms with Gasteiger partial charge in [0.25, 0.3) is 0 Å². The minimum Gasteiger partial charge on any atom is -0.342 e.